The SMILES string of the molecule is Cc1ccc2c(c1)c([Si](C)(c1ccccc1)c1ccccc1)cc(-c1c(C)c(C)cc3c1oc1cc(F)ccc13)[n+]2C. The summed E-state index contributed by atoms with van der Waals surface area (Å²) in [4.78, 5) is 0. The number of aryl methyl sites for hydroxylation is 3. The van der Waals surface area contributed by atoms with Crippen LogP contribution in [0.15, 0.2) is 114 Å². The van der Waals surface area contributed by atoms with Crippen LogP contribution in [-0.2, 0) is 7.05 Å². The average Bonchev–Trinajstić information content (AvgIpc) is 3.35. The molecule has 7 rings (SSSR count). The summed E-state index contributed by atoms with van der Waals surface area (Å²) in [5.74, 6) is -0.294. The number of hydrogen-bond donors (Lipinski definition) is 0. The van der Waals surface area contributed by atoms with E-state index in [1.54, 1.807) is 0 Å². The monoisotopic (exact) mass is 566 g/mol. The first kappa shape index (κ1) is 26.4. The molecule has 0 aliphatic heterocycles. The molecule has 0 aliphatic carbocycles. The number of benzene rings is 5. The van der Waals surface area contributed by atoms with Crippen LogP contribution >= 0.6 is 0 Å². The van der Waals surface area contributed by atoms with Crippen LogP contribution in [0.25, 0.3) is 44.1 Å². The third kappa shape index (κ3) is 3.93. The van der Waals surface area contributed by atoms with Crippen LogP contribution in [0.1, 0.15) is 16.7 Å². The summed E-state index contributed by atoms with van der Waals surface area (Å²) in [6, 6.07) is 38.2. The number of halogens is 1. The first-order valence-electron chi connectivity index (χ1n) is 14.4. The van der Waals surface area contributed by atoms with Crippen LogP contribution in [0.4, 0.5) is 4.39 Å². The van der Waals surface area contributed by atoms with Crippen molar-refractivity contribution >= 4 is 56.5 Å². The van der Waals surface area contributed by atoms with Gasteiger partial charge in [-0.1, -0.05) is 78.8 Å². The van der Waals surface area contributed by atoms with Gasteiger partial charge in [-0.05, 0) is 71.7 Å². The summed E-state index contributed by atoms with van der Waals surface area (Å²) < 4.78 is 23.1. The van der Waals surface area contributed by atoms with Crippen molar-refractivity contribution in [3.05, 3.63) is 132 Å². The maximum atomic E-state index is 14.3. The topological polar surface area (TPSA) is 17.0 Å². The summed E-state index contributed by atoms with van der Waals surface area (Å²) in [5.41, 5.74) is 8.29. The zero-order chi connectivity index (χ0) is 29.2. The number of rotatable bonds is 4. The maximum absolute atomic E-state index is 14.3. The largest absolute Gasteiger partial charge is 0.455 e. The predicted molar refractivity (Wildman–Crippen MR) is 175 cm³/mol. The molecular formula is C38H33FNOSi+. The van der Waals surface area contributed by atoms with Crippen molar-refractivity contribution in [1.82, 2.24) is 0 Å². The van der Waals surface area contributed by atoms with Crippen molar-refractivity contribution in [2.24, 2.45) is 7.05 Å². The highest BCUT2D eigenvalue weighted by molar-refractivity contribution is 7.11. The second-order valence-electron chi connectivity index (χ2n) is 11.7. The van der Waals surface area contributed by atoms with Gasteiger partial charge >= 0.3 is 0 Å². The highest BCUT2D eigenvalue weighted by Crippen LogP contribution is 2.39. The van der Waals surface area contributed by atoms with Crippen LogP contribution in [-0.4, -0.2) is 8.07 Å². The molecule has 206 valence electrons. The maximum Gasteiger partial charge on any atom is 0.216 e. The molecule has 5 aromatic carbocycles. The van der Waals surface area contributed by atoms with Crippen LogP contribution in [0.5, 0.6) is 0 Å². The first-order valence-corrected chi connectivity index (χ1v) is 16.9. The third-order valence-corrected chi connectivity index (χ3v) is 13.7. The van der Waals surface area contributed by atoms with Gasteiger partial charge < -0.3 is 4.42 Å². The summed E-state index contributed by atoms with van der Waals surface area (Å²) in [5, 5.41) is 7.31. The van der Waals surface area contributed by atoms with Gasteiger partial charge in [0, 0.05) is 34.4 Å². The summed E-state index contributed by atoms with van der Waals surface area (Å²) in [6.45, 7) is 8.96. The summed E-state index contributed by atoms with van der Waals surface area (Å²) in [7, 11) is -0.334. The Kier molecular flexibility index (Phi) is 6.14. The molecule has 0 aliphatic rings. The molecule has 0 fully saturated rings. The van der Waals surface area contributed by atoms with E-state index in [4.69, 9.17) is 4.42 Å². The van der Waals surface area contributed by atoms with Crippen molar-refractivity contribution < 1.29 is 13.4 Å². The minimum absolute atomic E-state index is 0.294. The van der Waals surface area contributed by atoms with E-state index >= 15 is 0 Å². The highest BCUT2D eigenvalue weighted by atomic mass is 28.3. The molecule has 0 amide bonds. The molecule has 2 nitrogen and oxygen atoms in total. The molecular weight excluding hydrogens is 534 g/mol. The molecule has 2 heterocycles. The zero-order valence-corrected chi connectivity index (χ0v) is 25.6. The molecule has 0 saturated carbocycles. The van der Waals surface area contributed by atoms with Crippen molar-refractivity contribution in [3.63, 3.8) is 0 Å². The summed E-state index contributed by atoms with van der Waals surface area (Å²) >= 11 is 0. The second-order valence-corrected chi connectivity index (χ2v) is 15.6. The Morgan fingerprint density at radius 3 is 2.02 bits per heavy atom. The second kappa shape index (κ2) is 9.78. The lowest BCUT2D eigenvalue weighted by Gasteiger charge is -2.30. The van der Waals surface area contributed by atoms with Crippen LogP contribution in [0.3, 0.4) is 0 Å². The normalized spacial score (nSPS) is 12.0. The molecule has 0 bridgehead atoms. The third-order valence-electron chi connectivity index (χ3n) is 9.19. The molecule has 0 N–H and O–H groups in total. The standard InChI is InChI=1S/C38H33FNOSi/c1-24-16-19-33-32(20-24)36(42(5,28-12-8-6-9-13-28)29-14-10-7-11-15-29)23-34(40(33)4)37-26(3)25(2)21-31-30-18-17-27(39)22-35(30)41-38(31)37/h6-23H,1-5H3/q+1. The fourth-order valence-corrected chi connectivity index (χ4v) is 10.5. The van der Waals surface area contributed by atoms with Crippen molar-refractivity contribution in [2.45, 2.75) is 27.3 Å². The molecule has 7 aromatic rings. The van der Waals surface area contributed by atoms with Gasteiger partial charge in [0.1, 0.15) is 32.1 Å². The number of fused-ring (bicyclic) bond motifs is 4. The zero-order valence-electron chi connectivity index (χ0n) is 24.6. The number of aromatic nitrogens is 1. The van der Waals surface area contributed by atoms with E-state index in [0.717, 1.165) is 33.2 Å². The van der Waals surface area contributed by atoms with E-state index in [0.29, 0.717) is 5.58 Å². The van der Waals surface area contributed by atoms with Gasteiger partial charge in [0.15, 0.2) is 0 Å². The van der Waals surface area contributed by atoms with E-state index in [9.17, 15) is 4.39 Å². The van der Waals surface area contributed by atoms with Crippen LogP contribution in [0.2, 0.25) is 6.55 Å². The Morgan fingerprint density at radius 1 is 0.690 bits per heavy atom. The lowest BCUT2D eigenvalue weighted by Crippen LogP contribution is -2.65. The van der Waals surface area contributed by atoms with Gasteiger partial charge in [0.2, 0.25) is 11.2 Å². The average molecular weight is 567 g/mol. The highest BCUT2D eigenvalue weighted by Gasteiger charge is 2.38. The smallest absolute Gasteiger partial charge is 0.216 e. The van der Waals surface area contributed by atoms with E-state index in [1.165, 1.54) is 49.7 Å². The number of nitrogens with zero attached hydrogens (tertiary/aromatic N) is 1. The van der Waals surface area contributed by atoms with Gasteiger partial charge in [0.25, 0.3) is 0 Å². The lowest BCUT2D eigenvalue weighted by atomic mass is 9.95. The fourth-order valence-electron chi connectivity index (χ4n) is 6.69. The Bertz CT molecular complexity index is 2110. The van der Waals surface area contributed by atoms with Gasteiger partial charge in [-0.25, -0.2) is 4.39 Å². The van der Waals surface area contributed by atoms with E-state index in [-0.39, 0.29) is 5.82 Å². The molecule has 2 aromatic heterocycles. The fraction of sp³-hybridized carbons (Fsp3) is 0.132. The number of hydrogen-bond acceptors (Lipinski definition) is 1. The van der Waals surface area contributed by atoms with Gasteiger partial charge in [0.05, 0.1) is 5.56 Å². The van der Waals surface area contributed by atoms with E-state index in [2.05, 4.69) is 130 Å². The Morgan fingerprint density at radius 2 is 1.36 bits per heavy atom. The van der Waals surface area contributed by atoms with E-state index < -0.39 is 8.07 Å². The quantitative estimate of drug-likeness (QED) is 0.160. The molecule has 4 heteroatoms. The van der Waals surface area contributed by atoms with Crippen molar-refractivity contribution in [1.29, 1.82) is 0 Å². The number of furan rings is 1. The Balaban J connectivity index is 1.65. The first-order chi connectivity index (χ1) is 20.3. The molecule has 0 radical (unpaired) electrons. The van der Waals surface area contributed by atoms with Gasteiger partial charge in [-0.15, -0.1) is 0 Å². The van der Waals surface area contributed by atoms with E-state index in [1.807, 2.05) is 6.07 Å². The van der Waals surface area contributed by atoms with Crippen molar-refractivity contribution in [3.8, 4) is 11.3 Å². The minimum atomic E-state index is -2.48. The predicted octanol–water partition coefficient (Wildman–Crippen LogP) is 7.40. The van der Waals surface area contributed by atoms with Crippen LogP contribution < -0.4 is 20.1 Å². The summed E-state index contributed by atoms with van der Waals surface area (Å²) in [6.07, 6.45) is 0. The molecule has 0 spiro atoms. The molecule has 0 atom stereocenters. The van der Waals surface area contributed by atoms with Gasteiger partial charge in [-0.3, -0.25) is 0 Å². The lowest BCUT2D eigenvalue weighted by molar-refractivity contribution is -0.633. The molecule has 0 saturated heterocycles. The van der Waals surface area contributed by atoms with Crippen molar-refractivity contribution in [2.75, 3.05) is 0 Å². The molecule has 42 heavy (non-hydrogen) atoms. The van der Waals surface area contributed by atoms with Gasteiger partial charge in [-0.2, -0.15) is 4.57 Å². The molecule has 0 unspecified atom stereocenters. The minimum Gasteiger partial charge on any atom is -0.455 e. The number of pyridine rings is 1. The Hall–Kier alpha value is -4.54. The Labute approximate surface area is 246 Å². The van der Waals surface area contributed by atoms with Crippen LogP contribution in [0, 0.1) is 26.6 Å².